The summed E-state index contributed by atoms with van der Waals surface area (Å²) in [7, 11) is 0. The van der Waals surface area contributed by atoms with E-state index >= 15 is 0 Å². The fourth-order valence-electron chi connectivity index (χ4n) is 2.19. The molecule has 2 unspecified atom stereocenters. The van der Waals surface area contributed by atoms with Gasteiger partial charge in [0.15, 0.2) is 12.3 Å². The van der Waals surface area contributed by atoms with Gasteiger partial charge in [0.05, 0.1) is 17.4 Å². The van der Waals surface area contributed by atoms with Gasteiger partial charge in [-0.25, -0.2) is 13.8 Å². The monoisotopic (exact) mass is 318 g/mol. The van der Waals surface area contributed by atoms with Gasteiger partial charge >= 0.3 is 0 Å². The number of nitrogens with zero attached hydrogens (tertiary/aromatic N) is 2. The Morgan fingerprint density at radius 2 is 2.00 bits per heavy atom. The molecule has 3 N–H and O–H groups in total. The number of ether oxygens (including phenoxy) is 1. The van der Waals surface area contributed by atoms with Crippen molar-refractivity contribution in [3.63, 3.8) is 0 Å². The van der Waals surface area contributed by atoms with E-state index in [2.05, 4.69) is 15.3 Å². The summed E-state index contributed by atoms with van der Waals surface area (Å²) >= 11 is 0. The van der Waals surface area contributed by atoms with Crippen molar-refractivity contribution >= 4 is 17.5 Å². The third-order valence-corrected chi connectivity index (χ3v) is 3.24. The minimum absolute atomic E-state index is 0.0712. The Kier molecular flexibility index (Phi) is 3.98. The number of pyridine rings is 1. The van der Waals surface area contributed by atoms with Gasteiger partial charge in [-0.1, -0.05) is 6.07 Å². The van der Waals surface area contributed by atoms with Crippen LogP contribution < -0.4 is 11.1 Å². The van der Waals surface area contributed by atoms with Crippen molar-refractivity contribution in [3.05, 3.63) is 59.9 Å². The van der Waals surface area contributed by atoms with Crippen LogP contribution in [0.25, 0.3) is 0 Å². The molecular weight excluding hydrogens is 306 g/mol. The molecule has 0 saturated carbocycles. The number of hydrogen-bond acceptors (Lipinski definition) is 5. The molecule has 1 amide bonds. The van der Waals surface area contributed by atoms with E-state index in [1.54, 1.807) is 18.3 Å². The summed E-state index contributed by atoms with van der Waals surface area (Å²) in [5.41, 5.74) is 5.38. The summed E-state index contributed by atoms with van der Waals surface area (Å²) in [6, 6.07) is 5.62. The van der Waals surface area contributed by atoms with Gasteiger partial charge in [0.2, 0.25) is 11.8 Å². The standard InChI is InChI=1S/C15H12F2N4O2/c16-9-4-1-5-10(17)11(9)14-21-12(13(18)22)15(23-14)20-8-3-2-6-19-7-8/h1-7,12,14,21H,(H2,18,22). The van der Waals surface area contributed by atoms with E-state index in [4.69, 9.17) is 10.5 Å². The van der Waals surface area contributed by atoms with Gasteiger partial charge in [-0.3, -0.25) is 15.1 Å². The molecule has 0 bridgehead atoms. The van der Waals surface area contributed by atoms with Gasteiger partial charge < -0.3 is 10.5 Å². The maximum Gasteiger partial charge on any atom is 0.244 e. The number of aliphatic imine (C=N–C) groups is 1. The fourth-order valence-corrected chi connectivity index (χ4v) is 2.19. The summed E-state index contributed by atoms with van der Waals surface area (Å²) in [4.78, 5) is 19.5. The number of rotatable bonds is 3. The number of primary amides is 1. The molecule has 0 aliphatic carbocycles. The first-order valence-electron chi connectivity index (χ1n) is 6.71. The smallest absolute Gasteiger partial charge is 0.244 e. The Balaban J connectivity index is 1.96. The van der Waals surface area contributed by atoms with Crippen LogP contribution in [0, 0.1) is 11.6 Å². The number of nitrogens with two attached hydrogens (primary N) is 1. The highest BCUT2D eigenvalue weighted by Gasteiger charge is 2.39. The summed E-state index contributed by atoms with van der Waals surface area (Å²) < 4.78 is 33.1. The molecule has 3 rings (SSSR count). The van der Waals surface area contributed by atoms with E-state index in [1.165, 1.54) is 12.3 Å². The lowest BCUT2D eigenvalue weighted by atomic mass is 10.1. The molecule has 1 aromatic heterocycles. The summed E-state index contributed by atoms with van der Waals surface area (Å²) in [6.45, 7) is 0. The Bertz CT molecular complexity index is 747. The largest absolute Gasteiger partial charge is 0.455 e. The van der Waals surface area contributed by atoms with E-state index in [0.29, 0.717) is 5.69 Å². The molecule has 1 saturated heterocycles. The highest BCUT2D eigenvalue weighted by atomic mass is 19.1. The molecule has 8 heteroatoms. The van der Waals surface area contributed by atoms with Crippen LogP contribution in [-0.2, 0) is 9.53 Å². The average Bonchev–Trinajstić information content (AvgIpc) is 2.92. The second kappa shape index (κ2) is 6.09. The van der Waals surface area contributed by atoms with Crippen LogP contribution in [0.15, 0.2) is 47.7 Å². The topological polar surface area (TPSA) is 89.6 Å². The van der Waals surface area contributed by atoms with Gasteiger partial charge in [0.25, 0.3) is 0 Å². The van der Waals surface area contributed by atoms with Crippen LogP contribution >= 0.6 is 0 Å². The molecule has 0 spiro atoms. The molecule has 6 nitrogen and oxygen atoms in total. The molecule has 2 aromatic rings. The number of halogens is 2. The van der Waals surface area contributed by atoms with E-state index in [1.807, 2.05) is 0 Å². The maximum absolute atomic E-state index is 13.9. The average molecular weight is 318 g/mol. The second-order valence-electron chi connectivity index (χ2n) is 4.80. The number of benzene rings is 1. The SMILES string of the molecule is NC(=O)C1NC(c2c(F)cccc2F)OC1=Nc1cccnc1. The zero-order valence-corrected chi connectivity index (χ0v) is 11.7. The van der Waals surface area contributed by atoms with Gasteiger partial charge in [0, 0.05) is 6.20 Å². The molecule has 0 radical (unpaired) electrons. The normalized spacial score (nSPS) is 22.1. The first kappa shape index (κ1) is 15.0. The minimum atomic E-state index is -1.20. The molecular formula is C15H12F2N4O2. The van der Waals surface area contributed by atoms with Crippen LogP contribution in [0.2, 0.25) is 0 Å². The van der Waals surface area contributed by atoms with E-state index in [-0.39, 0.29) is 11.5 Å². The summed E-state index contributed by atoms with van der Waals surface area (Å²) in [5.74, 6) is -2.44. The highest BCUT2D eigenvalue weighted by Crippen LogP contribution is 2.28. The Morgan fingerprint density at radius 1 is 1.26 bits per heavy atom. The quantitative estimate of drug-likeness (QED) is 0.899. The van der Waals surface area contributed by atoms with Crippen LogP contribution in [-0.4, -0.2) is 22.8 Å². The van der Waals surface area contributed by atoms with Crippen LogP contribution in [0.3, 0.4) is 0 Å². The number of aromatic nitrogens is 1. The van der Waals surface area contributed by atoms with Crippen LogP contribution in [0.1, 0.15) is 11.8 Å². The highest BCUT2D eigenvalue weighted by molar-refractivity contribution is 6.05. The Labute approximate surface area is 130 Å². The molecule has 2 heterocycles. The number of hydrogen-bond donors (Lipinski definition) is 2. The number of nitrogens with one attached hydrogen (secondary N) is 1. The molecule has 1 aliphatic rings. The third-order valence-electron chi connectivity index (χ3n) is 3.24. The summed E-state index contributed by atoms with van der Waals surface area (Å²) in [5, 5.41) is 2.63. The lowest BCUT2D eigenvalue weighted by Gasteiger charge is -2.12. The van der Waals surface area contributed by atoms with Crippen molar-refractivity contribution < 1.29 is 18.3 Å². The number of carbonyl (C=O) groups is 1. The molecule has 1 fully saturated rings. The van der Waals surface area contributed by atoms with E-state index in [9.17, 15) is 13.6 Å². The molecule has 2 atom stereocenters. The van der Waals surface area contributed by atoms with Gasteiger partial charge in [-0.15, -0.1) is 0 Å². The van der Waals surface area contributed by atoms with Gasteiger partial charge in [0.1, 0.15) is 11.6 Å². The summed E-state index contributed by atoms with van der Waals surface area (Å²) in [6.07, 6.45) is 1.80. The van der Waals surface area contributed by atoms with Crippen LogP contribution in [0.4, 0.5) is 14.5 Å². The first-order valence-corrected chi connectivity index (χ1v) is 6.71. The Hall–Kier alpha value is -2.87. The minimum Gasteiger partial charge on any atom is -0.455 e. The van der Waals surface area contributed by atoms with Crippen molar-refractivity contribution in [1.82, 2.24) is 10.3 Å². The number of amides is 1. The maximum atomic E-state index is 13.9. The van der Waals surface area contributed by atoms with Crippen molar-refractivity contribution in [2.45, 2.75) is 12.3 Å². The lowest BCUT2D eigenvalue weighted by Crippen LogP contribution is -2.41. The molecule has 1 aliphatic heterocycles. The van der Waals surface area contributed by atoms with E-state index < -0.39 is 29.8 Å². The second-order valence-corrected chi connectivity index (χ2v) is 4.80. The molecule has 23 heavy (non-hydrogen) atoms. The predicted octanol–water partition coefficient (Wildman–Crippen LogP) is 1.56. The van der Waals surface area contributed by atoms with Crippen molar-refractivity contribution in [3.8, 4) is 0 Å². The van der Waals surface area contributed by atoms with Crippen LogP contribution in [0.5, 0.6) is 0 Å². The fraction of sp³-hybridized carbons (Fsp3) is 0.133. The lowest BCUT2D eigenvalue weighted by molar-refractivity contribution is -0.118. The zero-order valence-electron chi connectivity index (χ0n) is 11.7. The molecule has 1 aromatic carbocycles. The Morgan fingerprint density at radius 3 is 2.61 bits per heavy atom. The van der Waals surface area contributed by atoms with E-state index in [0.717, 1.165) is 12.1 Å². The number of carbonyl (C=O) groups excluding carboxylic acids is 1. The van der Waals surface area contributed by atoms with Crippen molar-refractivity contribution in [2.75, 3.05) is 0 Å². The third kappa shape index (κ3) is 3.02. The first-order chi connectivity index (χ1) is 11.1. The van der Waals surface area contributed by atoms with Gasteiger partial charge in [-0.05, 0) is 24.3 Å². The predicted molar refractivity (Wildman–Crippen MR) is 77.6 cm³/mol. The van der Waals surface area contributed by atoms with Crippen molar-refractivity contribution in [2.24, 2.45) is 10.7 Å². The van der Waals surface area contributed by atoms with Gasteiger partial charge in [-0.2, -0.15) is 0 Å². The zero-order chi connectivity index (χ0) is 16.4. The van der Waals surface area contributed by atoms with Crippen molar-refractivity contribution in [1.29, 1.82) is 0 Å². The molecule has 118 valence electrons.